The molecule has 106 valence electrons. The van der Waals surface area contributed by atoms with Crippen molar-refractivity contribution < 1.29 is 4.39 Å². The Bertz CT molecular complexity index is 411. The Hall–Kier alpha value is -1.09. The van der Waals surface area contributed by atoms with E-state index in [9.17, 15) is 4.39 Å². The maximum Gasteiger partial charge on any atom is 0.125 e. The van der Waals surface area contributed by atoms with E-state index in [4.69, 9.17) is 0 Å². The van der Waals surface area contributed by atoms with Crippen molar-refractivity contribution in [1.82, 2.24) is 5.32 Å². The van der Waals surface area contributed by atoms with Crippen molar-refractivity contribution in [3.63, 3.8) is 0 Å². The predicted molar refractivity (Wildman–Crippen MR) is 79.0 cm³/mol. The standard InChI is InChI=1S/C16H25FN2/c1-12-4-6-15(7-5-12)19(3)16-9-13(11-18-2)8-14(17)10-16/h8-10,12,15,18H,4-7,11H2,1-3H3. The van der Waals surface area contributed by atoms with Gasteiger partial charge in [0.05, 0.1) is 0 Å². The van der Waals surface area contributed by atoms with Gasteiger partial charge in [0.15, 0.2) is 0 Å². The molecule has 0 heterocycles. The molecule has 0 radical (unpaired) electrons. The highest BCUT2D eigenvalue weighted by atomic mass is 19.1. The number of nitrogens with zero attached hydrogens (tertiary/aromatic N) is 1. The fourth-order valence-corrected chi connectivity index (χ4v) is 2.98. The summed E-state index contributed by atoms with van der Waals surface area (Å²) in [5.41, 5.74) is 2.01. The Labute approximate surface area is 116 Å². The fourth-order valence-electron chi connectivity index (χ4n) is 2.98. The molecule has 0 spiro atoms. The van der Waals surface area contributed by atoms with Crippen LogP contribution in [-0.4, -0.2) is 20.1 Å². The highest BCUT2D eigenvalue weighted by Gasteiger charge is 2.22. The van der Waals surface area contributed by atoms with Crippen molar-refractivity contribution in [2.45, 2.75) is 45.2 Å². The summed E-state index contributed by atoms with van der Waals surface area (Å²) in [5.74, 6) is 0.704. The minimum atomic E-state index is -0.140. The van der Waals surface area contributed by atoms with Gasteiger partial charge < -0.3 is 10.2 Å². The zero-order valence-corrected chi connectivity index (χ0v) is 12.2. The van der Waals surface area contributed by atoms with Gasteiger partial charge in [0.1, 0.15) is 5.82 Å². The summed E-state index contributed by atoms with van der Waals surface area (Å²) in [6, 6.07) is 5.91. The molecule has 1 aliphatic carbocycles. The number of halogens is 1. The summed E-state index contributed by atoms with van der Waals surface area (Å²) >= 11 is 0. The van der Waals surface area contributed by atoms with Gasteiger partial charge in [-0.15, -0.1) is 0 Å². The number of anilines is 1. The molecule has 1 aromatic carbocycles. The molecule has 0 unspecified atom stereocenters. The molecule has 0 amide bonds. The molecule has 0 atom stereocenters. The van der Waals surface area contributed by atoms with Crippen molar-refractivity contribution in [1.29, 1.82) is 0 Å². The van der Waals surface area contributed by atoms with Gasteiger partial charge in [-0.2, -0.15) is 0 Å². The Morgan fingerprint density at radius 1 is 1.21 bits per heavy atom. The molecule has 1 aliphatic rings. The molecular weight excluding hydrogens is 239 g/mol. The lowest BCUT2D eigenvalue weighted by Gasteiger charge is -2.35. The molecule has 19 heavy (non-hydrogen) atoms. The van der Waals surface area contributed by atoms with Gasteiger partial charge in [0.25, 0.3) is 0 Å². The van der Waals surface area contributed by atoms with Gasteiger partial charge in [-0.25, -0.2) is 4.39 Å². The Kier molecular flexibility index (Phi) is 4.81. The summed E-state index contributed by atoms with van der Waals surface area (Å²) in [4.78, 5) is 2.26. The summed E-state index contributed by atoms with van der Waals surface area (Å²) < 4.78 is 13.7. The minimum Gasteiger partial charge on any atom is -0.372 e. The van der Waals surface area contributed by atoms with Crippen LogP contribution >= 0.6 is 0 Å². The molecule has 1 N–H and O–H groups in total. The number of hydrogen-bond donors (Lipinski definition) is 1. The van der Waals surface area contributed by atoms with Gasteiger partial charge in [0, 0.05) is 25.3 Å². The first kappa shape index (κ1) is 14.3. The SMILES string of the molecule is CNCc1cc(F)cc(N(C)C2CCC(C)CC2)c1. The Balaban J connectivity index is 2.11. The second kappa shape index (κ2) is 6.38. The highest BCUT2D eigenvalue weighted by molar-refractivity contribution is 5.49. The maximum atomic E-state index is 13.7. The third-order valence-electron chi connectivity index (χ3n) is 4.26. The van der Waals surface area contributed by atoms with Gasteiger partial charge in [0.2, 0.25) is 0 Å². The molecule has 2 rings (SSSR count). The van der Waals surface area contributed by atoms with Crippen molar-refractivity contribution in [2.75, 3.05) is 19.0 Å². The van der Waals surface area contributed by atoms with Crippen LogP contribution in [0.5, 0.6) is 0 Å². The Morgan fingerprint density at radius 3 is 2.53 bits per heavy atom. The van der Waals surface area contributed by atoms with Gasteiger partial charge in [-0.05, 0) is 62.4 Å². The van der Waals surface area contributed by atoms with Crippen LogP contribution in [-0.2, 0) is 6.54 Å². The molecule has 0 bridgehead atoms. The summed E-state index contributed by atoms with van der Waals surface area (Å²) in [6.07, 6.45) is 5.01. The first-order valence-corrected chi connectivity index (χ1v) is 7.27. The smallest absolute Gasteiger partial charge is 0.125 e. The summed E-state index contributed by atoms with van der Waals surface area (Å²) in [6.45, 7) is 3.03. The number of benzene rings is 1. The third kappa shape index (κ3) is 3.69. The monoisotopic (exact) mass is 264 g/mol. The van der Waals surface area contributed by atoms with Crippen LogP contribution in [0.4, 0.5) is 10.1 Å². The topological polar surface area (TPSA) is 15.3 Å². The van der Waals surface area contributed by atoms with Crippen molar-refractivity contribution in [3.05, 3.63) is 29.6 Å². The average Bonchev–Trinajstić information content (AvgIpc) is 2.38. The van der Waals surface area contributed by atoms with E-state index in [0.29, 0.717) is 12.6 Å². The molecule has 1 saturated carbocycles. The van der Waals surface area contributed by atoms with Gasteiger partial charge in [-0.3, -0.25) is 0 Å². The second-order valence-corrected chi connectivity index (χ2v) is 5.87. The second-order valence-electron chi connectivity index (χ2n) is 5.87. The first-order valence-electron chi connectivity index (χ1n) is 7.27. The summed E-state index contributed by atoms with van der Waals surface area (Å²) in [5, 5.41) is 3.08. The Morgan fingerprint density at radius 2 is 1.89 bits per heavy atom. The van der Waals surface area contributed by atoms with Crippen LogP contribution in [0.2, 0.25) is 0 Å². The average molecular weight is 264 g/mol. The number of rotatable bonds is 4. The van der Waals surface area contributed by atoms with E-state index >= 15 is 0 Å². The molecule has 2 nitrogen and oxygen atoms in total. The van der Waals surface area contributed by atoms with Gasteiger partial charge in [-0.1, -0.05) is 6.92 Å². The highest BCUT2D eigenvalue weighted by Crippen LogP contribution is 2.30. The fraction of sp³-hybridized carbons (Fsp3) is 0.625. The van der Waals surface area contributed by atoms with Crippen LogP contribution < -0.4 is 10.2 Å². The molecule has 1 fully saturated rings. The van der Waals surface area contributed by atoms with E-state index in [-0.39, 0.29) is 5.82 Å². The van der Waals surface area contributed by atoms with E-state index in [2.05, 4.69) is 30.3 Å². The van der Waals surface area contributed by atoms with Crippen LogP contribution in [0.3, 0.4) is 0 Å². The van der Waals surface area contributed by atoms with E-state index < -0.39 is 0 Å². The number of nitrogens with one attached hydrogen (secondary N) is 1. The van der Waals surface area contributed by atoms with E-state index in [1.165, 1.54) is 25.7 Å². The molecule has 3 heteroatoms. The van der Waals surface area contributed by atoms with E-state index in [0.717, 1.165) is 17.2 Å². The van der Waals surface area contributed by atoms with Crippen LogP contribution in [0.25, 0.3) is 0 Å². The summed E-state index contributed by atoms with van der Waals surface area (Å²) in [7, 11) is 3.98. The van der Waals surface area contributed by atoms with Gasteiger partial charge >= 0.3 is 0 Å². The minimum absolute atomic E-state index is 0.140. The zero-order valence-electron chi connectivity index (χ0n) is 12.2. The van der Waals surface area contributed by atoms with Crippen LogP contribution in [0, 0.1) is 11.7 Å². The van der Waals surface area contributed by atoms with E-state index in [1.807, 2.05) is 7.05 Å². The lowest BCUT2D eigenvalue weighted by molar-refractivity contribution is 0.340. The predicted octanol–water partition coefficient (Wildman–Crippen LogP) is 3.56. The normalized spacial score (nSPS) is 23.4. The zero-order chi connectivity index (χ0) is 13.8. The molecule has 1 aromatic rings. The molecular formula is C16H25FN2. The third-order valence-corrected chi connectivity index (χ3v) is 4.26. The van der Waals surface area contributed by atoms with Crippen molar-refractivity contribution >= 4 is 5.69 Å². The largest absolute Gasteiger partial charge is 0.372 e. The lowest BCUT2D eigenvalue weighted by Crippen LogP contribution is -2.34. The lowest BCUT2D eigenvalue weighted by atomic mass is 9.86. The van der Waals surface area contributed by atoms with Crippen LogP contribution in [0.1, 0.15) is 38.2 Å². The number of hydrogen-bond acceptors (Lipinski definition) is 2. The molecule has 0 aliphatic heterocycles. The van der Waals surface area contributed by atoms with Crippen molar-refractivity contribution in [3.8, 4) is 0 Å². The first-order chi connectivity index (χ1) is 9.10. The maximum absolute atomic E-state index is 13.7. The van der Waals surface area contributed by atoms with Crippen LogP contribution in [0.15, 0.2) is 18.2 Å². The molecule has 0 saturated heterocycles. The quantitative estimate of drug-likeness (QED) is 0.894. The van der Waals surface area contributed by atoms with E-state index in [1.54, 1.807) is 12.1 Å². The van der Waals surface area contributed by atoms with Crippen molar-refractivity contribution in [2.24, 2.45) is 5.92 Å². The molecule has 0 aromatic heterocycles.